The molecule has 0 aliphatic carbocycles. The van der Waals surface area contributed by atoms with Crippen LogP contribution in [0.25, 0.3) is 17.0 Å². The Hall–Kier alpha value is -4.20. The normalized spacial score (nSPS) is 16.5. The fraction of sp³-hybridized carbons (Fsp3) is 0.167. The summed E-state index contributed by atoms with van der Waals surface area (Å²) in [5, 5.41) is 12.3. The van der Waals surface area contributed by atoms with Crippen molar-refractivity contribution in [1.29, 1.82) is 0 Å². The van der Waals surface area contributed by atoms with Crippen molar-refractivity contribution in [2.24, 2.45) is 0 Å². The maximum atomic E-state index is 13.2. The van der Waals surface area contributed by atoms with Gasteiger partial charge in [0.1, 0.15) is 11.6 Å². The summed E-state index contributed by atoms with van der Waals surface area (Å²) in [5.74, 6) is -2.41. The van der Waals surface area contributed by atoms with E-state index in [9.17, 15) is 24.3 Å². The molecule has 2 heterocycles. The van der Waals surface area contributed by atoms with Crippen LogP contribution in [0, 0.1) is 0 Å². The number of imide groups is 2. The van der Waals surface area contributed by atoms with E-state index in [1.807, 2.05) is 19.1 Å². The number of rotatable bonds is 5. The molecule has 2 N–H and O–H groups in total. The summed E-state index contributed by atoms with van der Waals surface area (Å²) >= 11 is 0. The lowest BCUT2D eigenvalue weighted by molar-refractivity contribution is -0.140. The van der Waals surface area contributed by atoms with Crippen molar-refractivity contribution in [2.75, 3.05) is 4.90 Å². The van der Waals surface area contributed by atoms with Gasteiger partial charge in [-0.3, -0.25) is 14.9 Å². The Kier molecular flexibility index (Phi) is 5.36. The van der Waals surface area contributed by atoms with E-state index in [4.69, 9.17) is 0 Å². The average Bonchev–Trinajstić information content (AvgIpc) is 3.19. The predicted octanol–water partition coefficient (Wildman–Crippen LogP) is 3.52. The number of urea groups is 1. The number of para-hydroxylation sites is 1. The molecule has 1 saturated heterocycles. The number of benzene rings is 2. The highest BCUT2D eigenvalue weighted by molar-refractivity contribution is 6.39. The molecular formula is C24H21N3O5. The summed E-state index contributed by atoms with van der Waals surface area (Å²) in [4.78, 5) is 50.4. The first-order valence-corrected chi connectivity index (χ1v) is 10.1. The van der Waals surface area contributed by atoms with Crippen molar-refractivity contribution in [2.45, 2.75) is 26.3 Å². The monoisotopic (exact) mass is 431 g/mol. The minimum Gasteiger partial charge on any atom is -0.480 e. The smallest absolute Gasteiger partial charge is 0.335 e. The van der Waals surface area contributed by atoms with Gasteiger partial charge in [-0.05, 0) is 54.8 Å². The molecule has 162 valence electrons. The molecule has 8 nitrogen and oxygen atoms in total. The maximum absolute atomic E-state index is 13.2. The topological polar surface area (TPSA) is 109 Å². The Bertz CT molecular complexity index is 1300. The minimum absolute atomic E-state index is 0.159. The average molecular weight is 431 g/mol. The van der Waals surface area contributed by atoms with Crippen LogP contribution in [-0.2, 0) is 20.8 Å². The van der Waals surface area contributed by atoms with Gasteiger partial charge in [0.25, 0.3) is 11.8 Å². The highest BCUT2D eigenvalue weighted by atomic mass is 16.4. The van der Waals surface area contributed by atoms with Crippen molar-refractivity contribution >= 4 is 46.5 Å². The zero-order chi connectivity index (χ0) is 23.0. The SMILES string of the molecule is CCc1ccccc1N1C(=O)NC(=O)/C(=C\c2ccc3c(ccn3[C@H](C)C(=O)O)c2)C1=O. The van der Waals surface area contributed by atoms with E-state index in [2.05, 4.69) is 5.32 Å². The molecule has 3 aromatic rings. The first-order chi connectivity index (χ1) is 15.3. The molecule has 1 atom stereocenters. The van der Waals surface area contributed by atoms with Crippen LogP contribution in [0.15, 0.2) is 60.3 Å². The summed E-state index contributed by atoms with van der Waals surface area (Å²) in [5.41, 5.74) is 2.38. The molecule has 32 heavy (non-hydrogen) atoms. The molecule has 0 spiro atoms. The molecule has 1 aliphatic heterocycles. The third-order valence-corrected chi connectivity index (χ3v) is 5.55. The number of carbonyl (C=O) groups is 4. The lowest BCUT2D eigenvalue weighted by atomic mass is 10.0. The summed E-state index contributed by atoms with van der Waals surface area (Å²) in [6.07, 6.45) is 3.73. The van der Waals surface area contributed by atoms with Crippen LogP contribution in [0.2, 0.25) is 0 Å². The van der Waals surface area contributed by atoms with Crippen molar-refractivity contribution in [3.8, 4) is 0 Å². The van der Waals surface area contributed by atoms with E-state index in [-0.39, 0.29) is 5.57 Å². The number of aromatic nitrogens is 1. The Labute approximate surface area is 183 Å². The van der Waals surface area contributed by atoms with Crippen LogP contribution < -0.4 is 10.2 Å². The van der Waals surface area contributed by atoms with Crippen molar-refractivity contribution < 1.29 is 24.3 Å². The van der Waals surface area contributed by atoms with E-state index in [0.717, 1.165) is 21.4 Å². The van der Waals surface area contributed by atoms with E-state index < -0.39 is 29.9 Å². The first-order valence-electron chi connectivity index (χ1n) is 10.1. The van der Waals surface area contributed by atoms with Crippen LogP contribution in [0.3, 0.4) is 0 Å². The molecule has 4 rings (SSSR count). The molecular weight excluding hydrogens is 410 g/mol. The van der Waals surface area contributed by atoms with Crippen molar-refractivity contribution in [3.05, 3.63) is 71.4 Å². The number of aryl methyl sites for hydroxylation is 1. The van der Waals surface area contributed by atoms with Gasteiger partial charge < -0.3 is 9.67 Å². The second-order valence-electron chi connectivity index (χ2n) is 7.50. The van der Waals surface area contributed by atoms with Gasteiger partial charge >= 0.3 is 12.0 Å². The lowest BCUT2D eigenvalue weighted by Crippen LogP contribution is -2.54. The molecule has 0 radical (unpaired) electrons. The minimum atomic E-state index is -0.949. The highest BCUT2D eigenvalue weighted by Crippen LogP contribution is 2.27. The zero-order valence-electron chi connectivity index (χ0n) is 17.5. The molecule has 0 saturated carbocycles. The van der Waals surface area contributed by atoms with Gasteiger partial charge in [-0.25, -0.2) is 14.5 Å². The molecule has 1 fully saturated rings. The van der Waals surface area contributed by atoms with Crippen LogP contribution in [0.1, 0.15) is 31.0 Å². The molecule has 2 aromatic carbocycles. The van der Waals surface area contributed by atoms with Gasteiger partial charge in [0, 0.05) is 17.1 Å². The molecule has 8 heteroatoms. The predicted molar refractivity (Wildman–Crippen MR) is 119 cm³/mol. The van der Waals surface area contributed by atoms with Gasteiger partial charge in [-0.1, -0.05) is 31.2 Å². The van der Waals surface area contributed by atoms with Crippen LogP contribution in [-0.4, -0.2) is 33.5 Å². The molecule has 1 aromatic heterocycles. The van der Waals surface area contributed by atoms with Crippen LogP contribution >= 0.6 is 0 Å². The van der Waals surface area contributed by atoms with E-state index in [1.54, 1.807) is 54.1 Å². The van der Waals surface area contributed by atoms with Crippen molar-refractivity contribution in [1.82, 2.24) is 9.88 Å². The van der Waals surface area contributed by atoms with Gasteiger partial charge in [0.2, 0.25) is 0 Å². The van der Waals surface area contributed by atoms with E-state index in [1.165, 1.54) is 6.08 Å². The summed E-state index contributed by atoms with van der Waals surface area (Å²) in [7, 11) is 0. The van der Waals surface area contributed by atoms with Crippen LogP contribution in [0.4, 0.5) is 10.5 Å². The Morgan fingerprint density at radius 2 is 1.88 bits per heavy atom. The maximum Gasteiger partial charge on any atom is 0.335 e. The number of anilines is 1. The number of carboxylic acids is 1. The van der Waals surface area contributed by atoms with Gasteiger partial charge in [-0.15, -0.1) is 0 Å². The fourth-order valence-corrected chi connectivity index (χ4v) is 3.80. The van der Waals surface area contributed by atoms with Crippen LogP contribution in [0.5, 0.6) is 0 Å². The summed E-state index contributed by atoms with van der Waals surface area (Å²) in [6.45, 7) is 3.50. The second kappa shape index (κ2) is 8.14. The number of hydrogen-bond donors (Lipinski definition) is 2. The standard InChI is InChI=1S/C24H21N3O5/c1-3-16-6-4-5-7-20(16)27-22(29)18(21(28)25-24(27)32)13-15-8-9-19-17(12-15)10-11-26(19)14(2)23(30)31/h4-14H,3H2,1-2H3,(H,30,31)(H,25,28,32)/b18-13+/t14-/m1/s1. The van der Waals surface area contributed by atoms with E-state index in [0.29, 0.717) is 17.7 Å². The zero-order valence-corrected chi connectivity index (χ0v) is 17.5. The molecule has 4 amide bonds. The largest absolute Gasteiger partial charge is 0.480 e. The quantitative estimate of drug-likeness (QED) is 0.475. The number of hydrogen-bond acceptors (Lipinski definition) is 4. The second-order valence-corrected chi connectivity index (χ2v) is 7.50. The lowest BCUT2D eigenvalue weighted by Gasteiger charge is -2.28. The number of nitrogens with one attached hydrogen (secondary N) is 1. The third-order valence-electron chi connectivity index (χ3n) is 5.55. The number of aliphatic carboxylic acids is 1. The molecule has 1 aliphatic rings. The molecule has 0 unspecified atom stereocenters. The fourth-order valence-electron chi connectivity index (χ4n) is 3.80. The first kappa shape index (κ1) is 21.0. The summed E-state index contributed by atoms with van der Waals surface area (Å²) < 4.78 is 1.63. The van der Waals surface area contributed by atoms with Gasteiger partial charge in [-0.2, -0.15) is 0 Å². The molecule has 0 bridgehead atoms. The van der Waals surface area contributed by atoms with E-state index >= 15 is 0 Å². The number of amides is 4. The van der Waals surface area contributed by atoms with Crippen molar-refractivity contribution in [3.63, 3.8) is 0 Å². The summed E-state index contributed by atoms with van der Waals surface area (Å²) in [6, 6.07) is 12.5. The Morgan fingerprint density at radius 1 is 1.12 bits per heavy atom. The number of barbiturate groups is 1. The van der Waals surface area contributed by atoms with Gasteiger partial charge in [0.05, 0.1) is 5.69 Å². The Balaban J connectivity index is 1.73. The number of fused-ring (bicyclic) bond motifs is 1. The number of nitrogens with zero attached hydrogens (tertiary/aromatic N) is 2. The number of carboxylic acid groups (broad SMARTS) is 1. The number of carbonyl (C=O) groups excluding carboxylic acids is 3. The third kappa shape index (κ3) is 3.56. The highest BCUT2D eigenvalue weighted by Gasteiger charge is 2.37. The Morgan fingerprint density at radius 3 is 2.59 bits per heavy atom. The van der Waals surface area contributed by atoms with Gasteiger partial charge in [0.15, 0.2) is 0 Å².